The second-order valence-corrected chi connectivity index (χ2v) is 31.4. The van der Waals surface area contributed by atoms with Gasteiger partial charge in [-0.05, 0) is 11.7 Å². The predicted molar refractivity (Wildman–Crippen MR) is 226 cm³/mol. The first-order chi connectivity index (χ1) is 27.2. The minimum absolute atomic E-state index is 0.00850. The second kappa shape index (κ2) is 16.3. The van der Waals surface area contributed by atoms with Gasteiger partial charge >= 0.3 is 53.3 Å². The first-order valence-electron chi connectivity index (χ1n) is 18.1. The summed E-state index contributed by atoms with van der Waals surface area (Å²) in [5.41, 5.74) is 0. The third-order valence-electron chi connectivity index (χ3n) is 9.24. The maximum Gasteiger partial charge on any atom is 0.527 e. The van der Waals surface area contributed by atoms with Crippen LogP contribution in [-0.2, 0) is 33.2 Å². The molecule has 2 saturated heterocycles. The van der Waals surface area contributed by atoms with E-state index >= 15 is 0 Å². The van der Waals surface area contributed by atoms with E-state index in [1.54, 1.807) is 97.1 Å². The topological polar surface area (TPSA) is 135 Å². The highest BCUT2D eigenvalue weighted by molar-refractivity contribution is 7.04. The van der Waals surface area contributed by atoms with Gasteiger partial charge in [-0.3, -0.25) is 0 Å². The van der Waals surface area contributed by atoms with Crippen LogP contribution < -0.4 is 31.1 Å². The summed E-state index contributed by atoms with van der Waals surface area (Å²) in [6.07, 6.45) is 0.00850. The van der Waals surface area contributed by atoms with Crippen LogP contribution in [0.15, 0.2) is 182 Å². The van der Waals surface area contributed by atoms with Gasteiger partial charge in [0.05, 0.1) is 6.23 Å². The molecule has 7 atom stereocenters. The lowest BCUT2D eigenvalue weighted by atomic mass is 10.4. The highest BCUT2D eigenvalue weighted by atomic mass is 28.6. The molecule has 286 valence electrons. The molecule has 11 nitrogen and oxygen atoms in total. The van der Waals surface area contributed by atoms with Crippen molar-refractivity contribution in [1.29, 1.82) is 0 Å². The number of hydrogen-bond donors (Lipinski definition) is 3. The molecule has 2 fully saturated rings. The van der Waals surface area contributed by atoms with Crippen LogP contribution in [0.2, 0.25) is 6.55 Å². The van der Waals surface area contributed by atoms with Crippen molar-refractivity contribution in [2.24, 2.45) is 0 Å². The van der Waals surface area contributed by atoms with E-state index < -0.39 is 62.3 Å². The fourth-order valence-electron chi connectivity index (χ4n) is 6.55. The monoisotopic (exact) mass is 868 g/mol. The highest BCUT2D eigenvalue weighted by Crippen LogP contribution is 2.35. The zero-order chi connectivity index (χ0) is 38.7. The molecule has 18 heteroatoms. The summed E-state index contributed by atoms with van der Waals surface area (Å²) in [7, 11) is -29.3. The first kappa shape index (κ1) is 39.2. The summed E-state index contributed by atoms with van der Waals surface area (Å²) in [6, 6.07) is 53.9. The summed E-state index contributed by atoms with van der Waals surface area (Å²) in [4.78, 5) is 38.2. The Bertz CT molecular complexity index is 2200. The minimum Gasteiger partial charge on any atom is -0.414 e. The molecule has 6 aromatic rings. The highest BCUT2D eigenvalue weighted by Gasteiger charge is 2.72. The molecule has 2 aliphatic rings. The van der Waals surface area contributed by atoms with Crippen LogP contribution in [-0.4, -0.2) is 83.0 Å². The molecule has 3 N–H and O–H groups in total. The van der Waals surface area contributed by atoms with Gasteiger partial charge in [-0.1, -0.05) is 182 Å². The number of fused-ring (bicyclic) bond motifs is 2. The molecule has 0 radical (unpaired) electrons. The van der Waals surface area contributed by atoms with Gasteiger partial charge < -0.3 is 47.6 Å². The third kappa shape index (κ3) is 7.95. The summed E-state index contributed by atoms with van der Waals surface area (Å²) >= 11 is 0. The van der Waals surface area contributed by atoms with Crippen LogP contribution in [0.4, 0.5) is 0 Å². The quantitative estimate of drug-likeness (QED) is 0.184. The molecule has 0 aromatic heterocycles. The average Bonchev–Trinajstić information content (AvgIpc) is 3.29. The Morgan fingerprint density at radius 3 is 1.41 bits per heavy atom. The predicted octanol–water partition coefficient (Wildman–Crippen LogP) is 0.374. The lowest BCUT2D eigenvalue weighted by Crippen LogP contribution is -2.84. The lowest BCUT2D eigenvalue weighted by Gasteiger charge is -2.50. The van der Waals surface area contributed by atoms with Crippen molar-refractivity contribution in [2.45, 2.75) is 6.55 Å². The smallest absolute Gasteiger partial charge is 0.414 e. The molecular weight excluding hydrogens is 829 g/mol. The van der Waals surface area contributed by atoms with E-state index in [9.17, 15) is 14.4 Å². The summed E-state index contributed by atoms with van der Waals surface area (Å²) < 4.78 is 57.1. The van der Waals surface area contributed by atoms with Crippen molar-refractivity contribution in [1.82, 2.24) is 0 Å². The minimum atomic E-state index is -4.92. The van der Waals surface area contributed by atoms with Gasteiger partial charge in [0.25, 0.3) is 0 Å². The molecule has 7 unspecified atom stereocenters. The molecule has 56 heavy (non-hydrogen) atoms. The largest absolute Gasteiger partial charge is 0.527 e. The number of benzene rings is 6. The Kier molecular flexibility index (Phi) is 11.4. The van der Waals surface area contributed by atoms with Crippen molar-refractivity contribution < 1.29 is 47.6 Å². The molecule has 2 bridgehead atoms. The zero-order valence-electron chi connectivity index (χ0n) is 30.3. The van der Waals surface area contributed by atoms with Gasteiger partial charge in [-0.2, -0.15) is 0 Å². The van der Waals surface area contributed by atoms with Crippen LogP contribution in [0.3, 0.4) is 0 Å². The normalized spacial score (nSPS) is 30.1. The number of rotatable bonds is 8. The van der Waals surface area contributed by atoms with E-state index in [0.29, 0.717) is 25.9 Å². The summed E-state index contributed by atoms with van der Waals surface area (Å²) in [6.45, 7) is 1.93. The van der Waals surface area contributed by atoms with Gasteiger partial charge in [0, 0.05) is 25.9 Å². The molecule has 0 aliphatic carbocycles. The van der Waals surface area contributed by atoms with Crippen molar-refractivity contribution in [2.75, 3.05) is 6.23 Å². The summed E-state index contributed by atoms with van der Waals surface area (Å²) in [5.74, 6) is 0. The van der Waals surface area contributed by atoms with Crippen LogP contribution in [0.1, 0.15) is 0 Å². The second-order valence-electron chi connectivity index (χ2n) is 13.3. The summed E-state index contributed by atoms with van der Waals surface area (Å²) in [5, 5.41) is 2.64. The van der Waals surface area contributed by atoms with Gasteiger partial charge in [0.2, 0.25) is 0 Å². The molecule has 0 saturated carbocycles. The van der Waals surface area contributed by atoms with Crippen molar-refractivity contribution in [3.05, 3.63) is 182 Å². The molecule has 8 rings (SSSR count). The maximum atomic E-state index is 13.4. The molecule has 2 heterocycles. The van der Waals surface area contributed by atoms with E-state index in [1.807, 2.05) is 91.5 Å². The van der Waals surface area contributed by atoms with Crippen molar-refractivity contribution in [3.63, 3.8) is 0 Å². The SMILES string of the molecule is C[SiH]1CO[Si](O)(c2ccccc2)O[Si]2(c3ccccc3)O[Si](O)(c3ccccc3)O[Si](O[SiH](O)c3ccccc3)(c3ccccc3)O[Si](c3ccccc3)(O1)O2. The lowest BCUT2D eigenvalue weighted by molar-refractivity contribution is 0.0901. The van der Waals surface area contributed by atoms with E-state index in [4.69, 9.17) is 33.2 Å². The Labute approximate surface area is 334 Å². The molecule has 0 amide bonds. The maximum absolute atomic E-state index is 13.4. The van der Waals surface area contributed by atoms with Gasteiger partial charge in [0.1, 0.15) is 0 Å². The third-order valence-corrected chi connectivity index (χ3v) is 32.8. The van der Waals surface area contributed by atoms with E-state index in [0.717, 1.165) is 0 Å². The van der Waals surface area contributed by atoms with Gasteiger partial charge in [-0.15, -0.1) is 0 Å². The van der Waals surface area contributed by atoms with Gasteiger partial charge in [0.15, 0.2) is 9.04 Å². The van der Waals surface area contributed by atoms with E-state index in [2.05, 4.69) is 0 Å². The standard InChI is InChI=1S/C38H40O11Si7/c1-50-32-42-52(40,34-22-10-3-11-23-34)45-56(38-30-18-7-19-31-38)47-53(41,35-24-12-4-13-25-35)46-55(37-28-16-6-17-29-37,44-51(39)33-20-8-2-9-21-33)48-54(43-50,49-56)36-26-14-5-15-27-36/h2-31,39-41,50-51H,32H2,1H3. The molecule has 2 aliphatic heterocycles. The van der Waals surface area contributed by atoms with Crippen LogP contribution in [0, 0.1) is 0 Å². The Morgan fingerprint density at radius 1 is 0.482 bits per heavy atom. The van der Waals surface area contributed by atoms with Crippen LogP contribution in [0.25, 0.3) is 0 Å². The van der Waals surface area contributed by atoms with Crippen molar-refractivity contribution >= 4 is 93.5 Å². The zero-order valence-corrected chi connectivity index (χ0v) is 37.6. The van der Waals surface area contributed by atoms with Crippen LogP contribution in [0.5, 0.6) is 0 Å². The fraction of sp³-hybridized carbons (Fsp3) is 0.0526. The van der Waals surface area contributed by atoms with Crippen molar-refractivity contribution in [3.8, 4) is 0 Å². The Hall–Kier alpha value is -3.60. The Morgan fingerprint density at radius 2 is 0.893 bits per heavy atom. The molecule has 0 spiro atoms. The Balaban J connectivity index is 1.45. The van der Waals surface area contributed by atoms with Gasteiger partial charge in [-0.25, -0.2) is 0 Å². The fourth-order valence-corrected chi connectivity index (χ4v) is 35.2. The molecular formula is C38H40O11Si7. The van der Waals surface area contributed by atoms with E-state index in [1.165, 1.54) is 0 Å². The average molecular weight is 869 g/mol. The van der Waals surface area contributed by atoms with Crippen LogP contribution >= 0.6 is 0 Å². The molecule has 6 aromatic carbocycles. The first-order valence-corrected chi connectivity index (χ1v) is 30.8. The van der Waals surface area contributed by atoms with E-state index in [-0.39, 0.29) is 11.4 Å². The number of hydrogen-bond acceptors (Lipinski definition) is 11.